The first-order valence-corrected chi connectivity index (χ1v) is 8.51. The van der Waals surface area contributed by atoms with Crippen LogP contribution in [0.3, 0.4) is 0 Å². The highest BCUT2D eigenvalue weighted by Crippen LogP contribution is 2.42. The quantitative estimate of drug-likeness (QED) is 0.756. The first-order valence-electron chi connectivity index (χ1n) is 8.51. The van der Waals surface area contributed by atoms with E-state index in [1.54, 1.807) is 6.08 Å². The zero-order valence-corrected chi connectivity index (χ0v) is 13.4. The predicted octanol–water partition coefficient (Wildman–Crippen LogP) is 2.93. The smallest absolute Gasteiger partial charge is 0.370 e. The average molecular weight is 312 g/mol. The van der Waals surface area contributed by atoms with E-state index in [1.807, 2.05) is 6.92 Å². The lowest BCUT2D eigenvalue weighted by atomic mass is 9.71. The topological polar surface area (TPSA) is 76.0 Å². The Labute approximate surface area is 132 Å². The Kier molecular flexibility index (Phi) is 6.70. The number of aliphatic hydroxyl groups excluding tert-OH is 1. The summed E-state index contributed by atoms with van der Waals surface area (Å²) in [4.78, 5) is 11.4. The predicted molar refractivity (Wildman–Crippen MR) is 82.1 cm³/mol. The molecule has 0 aromatic carbocycles. The fourth-order valence-corrected chi connectivity index (χ4v) is 3.84. The van der Waals surface area contributed by atoms with Crippen molar-refractivity contribution in [2.24, 2.45) is 17.8 Å². The normalized spacial score (nSPS) is 29.7. The molecule has 1 aliphatic carbocycles. The van der Waals surface area contributed by atoms with Crippen LogP contribution in [0.25, 0.3) is 0 Å². The number of hydrogen-bond acceptors (Lipinski definition) is 4. The number of rotatable bonds is 7. The van der Waals surface area contributed by atoms with E-state index in [2.05, 4.69) is 0 Å². The van der Waals surface area contributed by atoms with Gasteiger partial charge in [-0.1, -0.05) is 19.3 Å². The van der Waals surface area contributed by atoms with E-state index in [0.29, 0.717) is 18.9 Å². The number of carbonyl (C=O) groups is 1. The molecule has 126 valence electrons. The SMILES string of the molecule is CCO[C@H]1OC(C(=O)O)=C[C@@H](C2CCCCC2)[C@@H]1CCCO. The number of hydrogen-bond donors (Lipinski definition) is 2. The van der Waals surface area contributed by atoms with Crippen molar-refractivity contribution < 1.29 is 24.5 Å². The molecule has 0 radical (unpaired) electrons. The van der Waals surface area contributed by atoms with Crippen LogP contribution in [-0.2, 0) is 14.3 Å². The molecule has 0 aromatic heterocycles. The van der Waals surface area contributed by atoms with Crippen LogP contribution >= 0.6 is 0 Å². The summed E-state index contributed by atoms with van der Waals surface area (Å²) in [5.74, 6) is -0.208. The van der Waals surface area contributed by atoms with Crippen LogP contribution < -0.4 is 0 Å². The number of carboxylic acids is 1. The summed E-state index contributed by atoms with van der Waals surface area (Å²) < 4.78 is 11.3. The molecule has 0 bridgehead atoms. The number of allylic oxidation sites excluding steroid dienone is 1. The van der Waals surface area contributed by atoms with Crippen LogP contribution in [0.15, 0.2) is 11.8 Å². The minimum atomic E-state index is -1.02. The van der Waals surface area contributed by atoms with E-state index < -0.39 is 12.3 Å². The Bertz CT molecular complexity index is 387. The molecular weight excluding hydrogens is 284 g/mol. The van der Waals surface area contributed by atoms with Gasteiger partial charge in [0.15, 0.2) is 0 Å². The first kappa shape index (κ1) is 17.3. The molecule has 2 aliphatic rings. The highest BCUT2D eigenvalue weighted by Gasteiger charge is 2.40. The van der Waals surface area contributed by atoms with E-state index in [1.165, 1.54) is 19.3 Å². The summed E-state index contributed by atoms with van der Waals surface area (Å²) in [5.41, 5.74) is 0. The summed E-state index contributed by atoms with van der Waals surface area (Å²) in [7, 11) is 0. The molecule has 5 nitrogen and oxygen atoms in total. The van der Waals surface area contributed by atoms with E-state index in [9.17, 15) is 9.90 Å². The maximum absolute atomic E-state index is 11.4. The van der Waals surface area contributed by atoms with Crippen molar-refractivity contribution >= 4 is 5.97 Å². The Morgan fingerprint density at radius 2 is 2.09 bits per heavy atom. The van der Waals surface area contributed by atoms with Crippen LogP contribution in [0.4, 0.5) is 0 Å². The molecule has 1 heterocycles. The molecule has 0 saturated heterocycles. The first-order chi connectivity index (χ1) is 10.7. The fourth-order valence-electron chi connectivity index (χ4n) is 3.84. The minimum Gasteiger partial charge on any atom is -0.475 e. The van der Waals surface area contributed by atoms with E-state index >= 15 is 0 Å². The summed E-state index contributed by atoms with van der Waals surface area (Å²) >= 11 is 0. The monoisotopic (exact) mass is 312 g/mol. The summed E-state index contributed by atoms with van der Waals surface area (Å²) in [6.45, 7) is 2.52. The molecule has 0 unspecified atom stereocenters. The van der Waals surface area contributed by atoms with Crippen molar-refractivity contribution in [2.75, 3.05) is 13.2 Å². The number of aliphatic hydroxyl groups is 1. The van der Waals surface area contributed by atoms with Gasteiger partial charge in [-0.15, -0.1) is 0 Å². The van der Waals surface area contributed by atoms with Gasteiger partial charge < -0.3 is 19.7 Å². The van der Waals surface area contributed by atoms with Gasteiger partial charge in [-0.2, -0.15) is 0 Å². The van der Waals surface area contributed by atoms with Crippen molar-refractivity contribution in [3.63, 3.8) is 0 Å². The molecule has 2 rings (SSSR count). The maximum Gasteiger partial charge on any atom is 0.370 e. The largest absolute Gasteiger partial charge is 0.475 e. The van der Waals surface area contributed by atoms with Crippen molar-refractivity contribution in [1.29, 1.82) is 0 Å². The molecule has 0 amide bonds. The van der Waals surface area contributed by atoms with Gasteiger partial charge in [0, 0.05) is 19.1 Å². The zero-order chi connectivity index (χ0) is 15.9. The van der Waals surface area contributed by atoms with Crippen LogP contribution in [0.2, 0.25) is 0 Å². The molecule has 1 fully saturated rings. The van der Waals surface area contributed by atoms with Gasteiger partial charge >= 0.3 is 5.97 Å². The second kappa shape index (κ2) is 8.53. The number of aliphatic carboxylic acids is 1. The van der Waals surface area contributed by atoms with Gasteiger partial charge in [0.25, 0.3) is 0 Å². The molecular formula is C17H28O5. The average Bonchev–Trinajstić information content (AvgIpc) is 2.54. The fraction of sp³-hybridized carbons (Fsp3) is 0.824. The molecule has 1 aliphatic heterocycles. The summed E-state index contributed by atoms with van der Waals surface area (Å²) in [5, 5.41) is 18.5. The Morgan fingerprint density at radius 1 is 1.36 bits per heavy atom. The number of ether oxygens (including phenoxy) is 2. The van der Waals surface area contributed by atoms with Crippen molar-refractivity contribution in [2.45, 2.75) is 58.2 Å². The lowest BCUT2D eigenvalue weighted by molar-refractivity contribution is -0.182. The Balaban J connectivity index is 2.22. The third-order valence-electron chi connectivity index (χ3n) is 4.86. The Morgan fingerprint density at radius 3 is 2.68 bits per heavy atom. The maximum atomic E-state index is 11.4. The van der Waals surface area contributed by atoms with Crippen LogP contribution in [-0.4, -0.2) is 35.7 Å². The molecule has 3 atom stereocenters. The standard InChI is InChI=1S/C17H28O5/c1-2-21-17-13(9-6-10-18)14(11-15(22-17)16(19)20)12-7-4-3-5-8-12/h11-14,17-18H,2-10H2,1H3,(H,19,20)/t13-,14-,17-/m0/s1. The van der Waals surface area contributed by atoms with Crippen LogP contribution in [0.5, 0.6) is 0 Å². The second-order valence-corrected chi connectivity index (χ2v) is 6.28. The second-order valence-electron chi connectivity index (χ2n) is 6.28. The van der Waals surface area contributed by atoms with Crippen molar-refractivity contribution in [1.82, 2.24) is 0 Å². The molecule has 5 heteroatoms. The molecule has 0 spiro atoms. The summed E-state index contributed by atoms with van der Waals surface area (Å²) in [6, 6.07) is 0. The Hall–Kier alpha value is -1.07. The van der Waals surface area contributed by atoms with Gasteiger partial charge in [-0.3, -0.25) is 0 Å². The third kappa shape index (κ3) is 4.23. The molecule has 2 N–H and O–H groups in total. The van der Waals surface area contributed by atoms with Crippen LogP contribution in [0.1, 0.15) is 51.9 Å². The van der Waals surface area contributed by atoms with Gasteiger partial charge in [-0.25, -0.2) is 4.79 Å². The van der Waals surface area contributed by atoms with E-state index in [0.717, 1.165) is 19.3 Å². The lowest BCUT2D eigenvalue weighted by Gasteiger charge is -2.41. The number of carboxylic acid groups (broad SMARTS) is 1. The highest BCUT2D eigenvalue weighted by atomic mass is 16.7. The lowest BCUT2D eigenvalue weighted by Crippen LogP contribution is -2.40. The van der Waals surface area contributed by atoms with Gasteiger partial charge in [0.2, 0.25) is 12.0 Å². The van der Waals surface area contributed by atoms with E-state index in [4.69, 9.17) is 14.6 Å². The van der Waals surface area contributed by atoms with Crippen LogP contribution in [0, 0.1) is 17.8 Å². The highest BCUT2D eigenvalue weighted by molar-refractivity contribution is 5.84. The van der Waals surface area contributed by atoms with E-state index in [-0.39, 0.29) is 24.2 Å². The van der Waals surface area contributed by atoms with Gasteiger partial charge in [0.05, 0.1) is 0 Å². The zero-order valence-electron chi connectivity index (χ0n) is 13.4. The third-order valence-corrected chi connectivity index (χ3v) is 4.86. The van der Waals surface area contributed by atoms with Gasteiger partial charge in [0.1, 0.15) is 0 Å². The molecule has 0 aromatic rings. The molecule has 22 heavy (non-hydrogen) atoms. The minimum absolute atomic E-state index is 0.0225. The van der Waals surface area contributed by atoms with Gasteiger partial charge in [-0.05, 0) is 50.5 Å². The molecule has 1 saturated carbocycles. The van der Waals surface area contributed by atoms with Crippen molar-refractivity contribution in [3.05, 3.63) is 11.8 Å². The van der Waals surface area contributed by atoms with Crippen molar-refractivity contribution in [3.8, 4) is 0 Å². The summed E-state index contributed by atoms with van der Waals surface area (Å²) in [6.07, 6.45) is 8.75.